The number of nitrogens with two attached hydrogens (primary N) is 4. The SMILES string of the molecule is C.C.CC(C)(CC1CCCCC1)C(=O)O.CC(C)(O)c1cnnn1[C@@H]1CC[C@H](C(=O)NC2(C(O)C(N)=O)CCCCC2)C1.CC(C)(O)c1cnnn1[C@@H]1CC[C@H](C(=O)O)C1.CC(C)(O)c1cnnn1[C@@H]1CN[C@H](C(=O)NC2(C(O)C(N)=O)CCCCC2)C1.COC(=O)[C@H]1CC[C@@H](n2nncc2C(C)(C)O)C1.NC(=O)C(O)C1(N)CCCCC1.[Cl-].[Cl-].[Li+].[OH-]. The number of methoxy groups -OCH3 is 1. The molecule has 0 aromatic carbocycles. The third-order valence-electron chi connectivity index (χ3n) is 24.6. The van der Waals surface area contributed by atoms with Crippen molar-refractivity contribution >= 4 is 47.4 Å². The van der Waals surface area contributed by atoms with Crippen LogP contribution in [0.2, 0.25) is 0 Å². The molecule has 1 aliphatic heterocycles. The first kappa shape index (κ1) is 113. The summed E-state index contributed by atoms with van der Waals surface area (Å²) in [4.78, 5) is 93.1. The molecule has 3 unspecified atom stereocenters. The number of amides is 5. The van der Waals surface area contributed by atoms with Gasteiger partial charge in [0, 0.05) is 12.5 Å². The Balaban J connectivity index is 0.000000745. The Kier molecular flexibility index (Phi) is 45.2. The number of aliphatic hydroxyl groups is 7. The molecule has 0 radical (unpaired) electrons. The predicted octanol–water partition coefficient (Wildman–Crippen LogP) is -3.79. The molecule has 5 amide bonds. The minimum atomic E-state index is -1.41. The zero-order valence-electron chi connectivity index (χ0n) is 71.9. The Morgan fingerprint density at radius 2 is 0.795 bits per heavy atom. The van der Waals surface area contributed by atoms with E-state index in [0.29, 0.717) is 112 Å². The number of carboxylic acid groups (broad SMARTS) is 2. The Labute approximate surface area is 741 Å². The number of hydrogen-bond acceptors (Lipinski definition) is 27. The first-order valence-electron chi connectivity index (χ1n) is 41.3. The maximum Gasteiger partial charge on any atom is 1.00 e. The van der Waals surface area contributed by atoms with E-state index in [2.05, 4.69) is 57.2 Å². The number of aliphatic carboxylic acids is 2. The van der Waals surface area contributed by atoms with Gasteiger partial charge in [0.25, 0.3) is 0 Å². The monoisotopic (exact) mass is 1760 g/mol. The Bertz CT molecular complexity index is 3770. The van der Waals surface area contributed by atoms with Crippen LogP contribution in [0.4, 0.5) is 0 Å². The van der Waals surface area contributed by atoms with Gasteiger partial charge in [0.05, 0.1) is 119 Å². The van der Waals surface area contributed by atoms with Crippen LogP contribution in [0, 0.1) is 29.1 Å². The van der Waals surface area contributed by atoms with Crippen molar-refractivity contribution in [1.82, 2.24) is 75.9 Å². The molecule has 5 heterocycles. The van der Waals surface area contributed by atoms with E-state index >= 15 is 0 Å². The maximum absolute atomic E-state index is 13.0. The molecule has 4 aromatic rings. The number of carboxylic acids is 2. The number of aromatic nitrogens is 12. The number of nitrogens with one attached hydrogen (secondary N) is 3. The summed E-state index contributed by atoms with van der Waals surface area (Å²) in [6.45, 7) is 17.6. The number of primary amides is 3. The second-order valence-corrected chi connectivity index (χ2v) is 36.2. The van der Waals surface area contributed by atoms with E-state index in [4.69, 9.17) is 37.9 Å². The molecule has 21 N–H and O–H groups in total. The molecule has 8 fully saturated rings. The molecule has 7 saturated carbocycles. The summed E-state index contributed by atoms with van der Waals surface area (Å²) in [6, 6.07) is -0.521. The van der Waals surface area contributed by atoms with Crippen LogP contribution in [0.1, 0.15) is 330 Å². The fourth-order valence-corrected chi connectivity index (χ4v) is 17.8. The summed E-state index contributed by atoms with van der Waals surface area (Å²) in [7, 11) is 1.41. The molecule has 11 atom stereocenters. The normalized spacial score (nSPS) is 23.6. The molecule has 0 spiro atoms. The Morgan fingerprint density at radius 3 is 1.13 bits per heavy atom. The standard InChI is InChI=1S/C19H31N5O4.C18H30N6O4.C12H19N3O3.C11H17N3O3.C11H20O2.C8H16N2O2.2CH4.2ClH.Li.H2O/c1-18(2,28)14-11-21-23-24(14)13-7-6-12(10-13)17(27)22-19(15(25)16(20)26)8-4-3-5-9-19;1-17(2,28)13-10-21-23-24(13)11-8-12(20-9-11)16(27)22-18(14(25)15(19)26)6-4-3-5-7-18;1-12(2,17)10-7-13-14-15(10)9-5-4-8(6-9)11(16)18-3;1-11(2,17)9-6-12-13-14(9)8-4-3-7(5-8)10(15)16;1-11(2,10(12)13)8-9-6-4-3-5-7-9;9-7(12)6(11)8(10)4-2-1-3-5-8;;;;;;/h11-13,15,25,28H,3-10H2,1-2H3,(H2,20,26)(H,22,27);10-12,14,20,25,28H,3-9H2,1-2H3,(H2,19,26)(H,22,27);7-9,17H,4-6H2,1-3H3;6-8,17H,3-5H2,1-2H3,(H,15,16);9H,3-8H2,1-2H3,(H,12,13);6,11H,1-5,10H2,(H2,9,12);2*1H4;2*1H;;1H2/q;;;;;;;;;;+1;/p-3/t12-,13+,15?;11-,12-,14?;8-,9+;7-,8+;;;;;;;;/m0000......../s1. The van der Waals surface area contributed by atoms with E-state index in [9.17, 15) is 74.1 Å². The number of halogens is 2. The number of esters is 1. The molecule has 41 heteroatoms. The quantitative estimate of drug-likeness (QED) is 0.0250. The van der Waals surface area contributed by atoms with Crippen LogP contribution in [0.5, 0.6) is 0 Å². The van der Waals surface area contributed by atoms with E-state index in [1.807, 2.05) is 13.8 Å². The summed E-state index contributed by atoms with van der Waals surface area (Å²) < 4.78 is 11.5. The van der Waals surface area contributed by atoms with E-state index in [1.165, 1.54) is 51.6 Å². The minimum absolute atomic E-state index is 0. The summed E-state index contributed by atoms with van der Waals surface area (Å²) in [5, 5.41) is 129. The zero-order valence-corrected chi connectivity index (χ0v) is 73.5. The molecule has 122 heavy (non-hydrogen) atoms. The minimum Gasteiger partial charge on any atom is -1.00 e. The molecule has 8 aliphatic rings. The van der Waals surface area contributed by atoms with Crippen LogP contribution in [-0.4, -0.2) is 213 Å². The smallest absolute Gasteiger partial charge is 1.00 e. The van der Waals surface area contributed by atoms with Crippen molar-refractivity contribution in [2.24, 2.45) is 52.0 Å². The van der Waals surface area contributed by atoms with E-state index in [1.54, 1.807) is 86.5 Å². The molecule has 4 aromatic heterocycles. The third kappa shape index (κ3) is 30.4. The molecular formula is C81H142Cl2LiN19O19-2. The molecule has 692 valence electrons. The number of ether oxygens (including phenoxy) is 1. The van der Waals surface area contributed by atoms with Crippen molar-refractivity contribution in [2.45, 2.75) is 371 Å². The number of carbonyl (C=O) groups is 8. The number of hydrogen-bond donors (Lipinski definition) is 16. The van der Waals surface area contributed by atoms with Crippen LogP contribution >= 0.6 is 0 Å². The van der Waals surface area contributed by atoms with Gasteiger partial charge in [-0.1, -0.05) is 126 Å². The first-order chi connectivity index (χ1) is 54.2. The van der Waals surface area contributed by atoms with E-state index in [0.717, 1.165) is 89.9 Å². The van der Waals surface area contributed by atoms with Gasteiger partial charge in [-0.25, -0.2) is 18.7 Å². The van der Waals surface area contributed by atoms with Crippen LogP contribution in [0.25, 0.3) is 0 Å². The fraction of sp³-hybridized carbons (Fsp3) is 0.802. The van der Waals surface area contributed by atoms with Crippen LogP contribution in [-0.2, 0) is 65.5 Å². The molecule has 1 saturated heterocycles. The van der Waals surface area contributed by atoms with Crippen molar-refractivity contribution in [1.29, 1.82) is 0 Å². The number of nitrogens with zero attached hydrogens (tertiary/aromatic N) is 12. The summed E-state index contributed by atoms with van der Waals surface area (Å²) in [5.74, 6) is -4.30. The maximum atomic E-state index is 13.0. The topological polar surface area (TPSA) is 621 Å². The van der Waals surface area contributed by atoms with Crippen LogP contribution < -0.4 is 82.6 Å². The summed E-state index contributed by atoms with van der Waals surface area (Å²) in [5.41, 5.74) is 16.6. The van der Waals surface area contributed by atoms with Gasteiger partial charge < -0.3 is 120 Å². The first-order valence-corrected chi connectivity index (χ1v) is 41.3. The summed E-state index contributed by atoms with van der Waals surface area (Å²) in [6.07, 6.45) is 28.1. The third-order valence-corrected chi connectivity index (χ3v) is 24.6. The van der Waals surface area contributed by atoms with Gasteiger partial charge in [-0.3, -0.25) is 38.4 Å². The number of rotatable bonds is 23. The van der Waals surface area contributed by atoms with Gasteiger partial charge in [0.1, 0.15) is 28.5 Å². The number of aliphatic hydroxyl groups excluding tert-OH is 3. The van der Waals surface area contributed by atoms with Crippen molar-refractivity contribution in [3.63, 3.8) is 0 Å². The molecule has 38 nitrogen and oxygen atoms in total. The second kappa shape index (κ2) is 48.7. The van der Waals surface area contributed by atoms with Gasteiger partial charge in [0.15, 0.2) is 12.2 Å². The Hall–Kier alpha value is -6.90. The van der Waals surface area contributed by atoms with Gasteiger partial charge in [-0.2, -0.15) is 0 Å². The van der Waals surface area contributed by atoms with Gasteiger partial charge in [-0.15, -0.1) is 20.4 Å². The van der Waals surface area contributed by atoms with E-state index in [-0.39, 0.29) is 124 Å². The van der Waals surface area contributed by atoms with Gasteiger partial charge in [-0.05, 0) is 184 Å². The fourth-order valence-electron chi connectivity index (χ4n) is 17.8. The van der Waals surface area contributed by atoms with Gasteiger partial charge >= 0.3 is 36.8 Å². The van der Waals surface area contributed by atoms with E-state index < -0.39 is 98.4 Å². The molecule has 12 rings (SSSR count). The van der Waals surface area contributed by atoms with Crippen molar-refractivity contribution in [3.05, 3.63) is 47.6 Å². The predicted molar refractivity (Wildman–Crippen MR) is 437 cm³/mol. The average molecular weight is 1760 g/mol. The van der Waals surface area contributed by atoms with Crippen LogP contribution in [0.3, 0.4) is 0 Å². The molecular weight excluding hydrogens is 1620 g/mol. The average Bonchev–Trinajstić information content (AvgIpc) is 1.34. The van der Waals surface area contributed by atoms with Crippen molar-refractivity contribution in [3.8, 4) is 0 Å². The van der Waals surface area contributed by atoms with Crippen LogP contribution in [0.15, 0.2) is 24.8 Å². The summed E-state index contributed by atoms with van der Waals surface area (Å²) >= 11 is 0. The second-order valence-electron chi connectivity index (χ2n) is 36.2. The molecule has 7 aliphatic carbocycles. The largest absolute Gasteiger partial charge is 1.00 e. The van der Waals surface area contributed by atoms with Crippen molar-refractivity contribution in [2.75, 3.05) is 13.7 Å². The molecule has 0 bridgehead atoms. The van der Waals surface area contributed by atoms with Crippen molar-refractivity contribution < 1.29 is 138 Å². The Morgan fingerprint density at radius 1 is 0.475 bits per heavy atom. The number of carbonyl (C=O) groups excluding carboxylic acids is 6. The van der Waals surface area contributed by atoms with Gasteiger partial charge in [0.2, 0.25) is 29.5 Å². The zero-order chi connectivity index (χ0) is 86.1.